The summed E-state index contributed by atoms with van der Waals surface area (Å²) in [6, 6.07) is 7.56. The second-order valence-electron chi connectivity index (χ2n) is 4.85. The number of rotatable bonds is 2. The van der Waals surface area contributed by atoms with Gasteiger partial charge in [-0.1, -0.05) is 23.7 Å². The number of halogens is 3. The van der Waals surface area contributed by atoms with Crippen molar-refractivity contribution in [1.29, 1.82) is 0 Å². The van der Waals surface area contributed by atoms with Gasteiger partial charge in [0, 0.05) is 35.1 Å². The summed E-state index contributed by atoms with van der Waals surface area (Å²) in [5.41, 5.74) is 7.24. The van der Waals surface area contributed by atoms with E-state index in [-0.39, 0.29) is 36.8 Å². The zero-order valence-corrected chi connectivity index (χ0v) is 14.8. The standard InChI is InChI=1S/C14H14ClN3OS.2ClH/c15-10-3-1-2-9(6-10)13-17-12(8-20-13)14(19)18-5-4-11(16)7-18;;/h1-3,6,8,11H,4-5,7,16H2;2*1H/t11-;;/m1../s1. The highest BCUT2D eigenvalue weighted by Crippen LogP contribution is 2.26. The molecule has 0 saturated carbocycles. The lowest BCUT2D eigenvalue weighted by atomic mass is 10.2. The predicted molar refractivity (Wildman–Crippen MR) is 95.6 cm³/mol. The van der Waals surface area contributed by atoms with Crippen molar-refractivity contribution in [3.05, 3.63) is 40.4 Å². The molecule has 1 aliphatic rings. The van der Waals surface area contributed by atoms with Crippen molar-refractivity contribution in [1.82, 2.24) is 9.88 Å². The third-order valence-corrected chi connectivity index (χ3v) is 4.43. The van der Waals surface area contributed by atoms with Crippen LogP contribution in [-0.2, 0) is 0 Å². The lowest BCUT2D eigenvalue weighted by molar-refractivity contribution is 0.0786. The maximum Gasteiger partial charge on any atom is 0.273 e. The van der Waals surface area contributed by atoms with Crippen LogP contribution in [0.5, 0.6) is 0 Å². The van der Waals surface area contributed by atoms with Gasteiger partial charge in [0.15, 0.2) is 0 Å². The monoisotopic (exact) mass is 379 g/mol. The van der Waals surface area contributed by atoms with Gasteiger partial charge >= 0.3 is 0 Å². The van der Waals surface area contributed by atoms with Gasteiger partial charge in [-0.3, -0.25) is 4.79 Å². The lowest BCUT2D eigenvalue weighted by Gasteiger charge is -2.13. The Kier molecular flexibility index (Phi) is 7.09. The van der Waals surface area contributed by atoms with Crippen LogP contribution in [0.15, 0.2) is 29.6 Å². The quantitative estimate of drug-likeness (QED) is 0.867. The molecule has 4 nitrogen and oxygen atoms in total. The lowest BCUT2D eigenvalue weighted by Crippen LogP contribution is -2.32. The molecule has 0 unspecified atom stereocenters. The van der Waals surface area contributed by atoms with E-state index in [1.165, 1.54) is 11.3 Å². The Labute approximate surface area is 150 Å². The van der Waals surface area contributed by atoms with Crippen LogP contribution in [0, 0.1) is 0 Å². The zero-order valence-electron chi connectivity index (χ0n) is 11.6. The number of hydrogen-bond donors (Lipinski definition) is 1. The van der Waals surface area contributed by atoms with Crippen molar-refractivity contribution in [2.24, 2.45) is 5.73 Å². The third-order valence-electron chi connectivity index (χ3n) is 3.31. The number of carbonyl (C=O) groups is 1. The summed E-state index contributed by atoms with van der Waals surface area (Å²) in [7, 11) is 0. The van der Waals surface area contributed by atoms with Crippen LogP contribution in [0.25, 0.3) is 10.6 Å². The molecule has 22 heavy (non-hydrogen) atoms. The highest BCUT2D eigenvalue weighted by Gasteiger charge is 2.26. The Bertz CT molecular complexity index is 650. The highest BCUT2D eigenvalue weighted by atomic mass is 35.5. The molecule has 1 fully saturated rings. The second-order valence-corrected chi connectivity index (χ2v) is 6.14. The van der Waals surface area contributed by atoms with Crippen molar-refractivity contribution in [3.63, 3.8) is 0 Å². The maximum atomic E-state index is 12.3. The first-order chi connectivity index (χ1) is 9.63. The summed E-state index contributed by atoms with van der Waals surface area (Å²) in [5.74, 6) is -0.0394. The molecule has 0 spiro atoms. The van der Waals surface area contributed by atoms with E-state index in [0.29, 0.717) is 23.8 Å². The Morgan fingerprint density at radius 1 is 1.41 bits per heavy atom. The minimum atomic E-state index is -0.0394. The number of nitrogens with two attached hydrogens (primary N) is 1. The summed E-state index contributed by atoms with van der Waals surface area (Å²) < 4.78 is 0. The molecule has 120 valence electrons. The minimum Gasteiger partial charge on any atom is -0.336 e. The van der Waals surface area contributed by atoms with Gasteiger partial charge in [-0.25, -0.2) is 4.98 Å². The Balaban J connectivity index is 0.00000121. The maximum absolute atomic E-state index is 12.3. The van der Waals surface area contributed by atoms with Gasteiger partial charge in [-0.2, -0.15) is 0 Å². The molecule has 1 amide bonds. The van der Waals surface area contributed by atoms with E-state index in [2.05, 4.69) is 4.98 Å². The third kappa shape index (κ3) is 4.12. The number of amides is 1. The van der Waals surface area contributed by atoms with E-state index in [9.17, 15) is 4.79 Å². The fourth-order valence-electron chi connectivity index (χ4n) is 2.26. The number of hydrogen-bond acceptors (Lipinski definition) is 4. The topological polar surface area (TPSA) is 59.2 Å². The fraction of sp³-hybridized carbons (Fsp3) is 0.286. The molecular weight excluding hydrogens is 365 g/mol. The van der Waals surface area contributed by atoms with Crippen molar-refractivity contribution in [2.75, 3.05) is 13.1 Å². The van der Waals surface area contributed by atoms with E-state index in [1.807, 2.05) is 24.3 Å². The number of nitrogens with zero attached hydrogens (tertiary/aromatic N) is 2. The first-order valence-electron chi connectivity index (χ1n) is 6.40. The first-order valence-corrected chi connectivity index (χ1v) is 7.65. The van der Waals surface area contributed by atoms with Gasteiger partial charge < -0.3 is 10.6 Å². The van der Waals surface area contributed by atoms with Gasteiger partial charge in [-0.15, -0.1) is 36.2 Å². The Morgan fingerprint density at radius 2 is 2.18 bits per heavy atom. The van der Waals surface area contributed by atoms with Crippen molar-refractivity contribution < 1.29 is 4.79 Å². The first kappa shape index (κ1) is 19.2. The SMILES string of the molecule is Cl.Cl.N[C@@H]1CCN(C(=O)c2csc(-c3cccc(Cl)c3)n2)C1. The largest absolute Gasteiger partial charge is 0.336 e. The molecular formula is C14H16Cl3N3OS. The van der Waals surface area contributed by atoms with Crippen molar-refractivity contribution >= 4 is 53.7 Å². The van der Waals surface area contributed by atoms with E-state index in [4.69, 9.17) is 17.3 Å². The fourth-order valence-corrected chi connectivity index (χ4v) is 3.24. The molecule has 1 atom stereocenters. The number of carbonyl (C=O) groups excluding carboxylic acids is 1. The average Bonchev–Trinajstić information content (AvgIpc) is 3.07. The van der Waals surface area contributed by atoms with E-state index in [1.54, 1.807) is 10.3 Å². The molecule has 0 bridgehead atoms. The van der Waals surface area contributed by atoms with Gasteiger partial charge in [0.2, 0.25) is 0 Å². The number of benzene rings is 1. The van der Waals surface area contributed by atoms with Crippen LogP contribution in [0.4, 0.5) is 0 Å². The number of likely N-dealkylation sites (tertiary alicyclic amines) is 1. The van der Waals surface area contributed by atoms with Crippen LogP contribution in [0.2, 0.25) is 5.02 Å². The molecule has 2 heterocycles. The van der Waals surface area contributed by atoms with E-state index < -0.39 is 0 Å². The van der Waals surface area contributed by atoms with Gasteiger partial charge in [0.25, 0.3) is 5.91 Å². The summed E-state index contributed by atoms with van der Waals surface area (Å²) in [6.45, 7) is 1.33. The summed E-state index contributed by atoms with van der Waals surface area (Å²) >= 11 is 7.42. The van der Waals surface area contributed by atoms with Crippen LogP contribution < -0.4 is 5.73 Å². The summed E-state index contributed by atoms with van der Waals surface area (Å²) in [6.07, 6.45) is 0.858. The predicted octanol–water partition coefficient (Wildman–Crippen LogP) is 3.48. The highest BCUT2D eigenvalue weighted by molar-refractivity contribution is 7.13. The average molecular weight is 381 g/mol. The van der Waals surface area contributed by atoms with Gasteiger partial charge in [0.05, 0.1) is 0 Å². The molecule has 8 heteroatoms. The number of thiazole rings is 1. The Morgan fingerprint density at radius 3 is 2.82 bits per heavy atom. The zero-order chi connectivity index (χ0) is 14.1. The molecule has 1 aliphatic heterocycles. The molecule has 0 aliphatic carbocycles. The smallest absolute Gasteiger partial charge is 0.273 e. The van der Waals surface area contributed by atoms with E-state index >= 15 is 0 Å². The molecule has 1 aromatic carbocycles. The molecule has 2 N–H and O–H groups in total. The summed E-state index contributed by atoms with van der Waals surface area (Å²) in [5, 5.41) is 3.26. The minimum absolute atomic E-state index is 0. The van der Waals surface area contributed by atoms with Crippen LogP contribution in [0.3, 0.4) is 0 Å². The molecule has 2 aromatic rings. The van der Waals surface area contributed by atoms with Crippen LogP contribution in [-0.4, -0.2) is 34.9 Å². The Hall–Kier alpha value is -0.850. The molecule has 1 saturated heterocycles. The number of aromatic nitrogens is 1. The summed E-state index contributed by atoms with van der Waals surface area (Å²) in [4.78, 5) is 18.5. The molecule has 1 aromatic heterocycles. The van der Waals surface area contributed by atoms with Crippen molar-refractivity contribution in [2.45, 2.75) is 12.5 Å². The van der Waals surface area contributed by atoms with Crippen LogP contribution >= 0.6 is 47.8 Å². The van der Waals surface area contributed by atoms with E-state index in [0.717, 1.165) is 17.0 Å². The van der Waals surface area contributed by atoms with Crippen molar-refractivity contribution in [3.8, 4) is 10.6 Å². The van der Waals surface area contributed by atoms with Gasteiger partial charge in [0.1, 0.15) is 10.7 Å². The normalized spacial score (nSPS) is 16.8. The molecule has 0 radical (unpaired) electrons. The van der Waals surface area contributed by atoms with Gasteiger partial charge in [-0.05, 0) is 18.6 Å². The second kappa shape index (κ2) is 8.13. The molecule has 3 rings (SSSR count). The van der Waals surface area contributed by atoms with Crippen LogP contribution in [0.1, 0.15) is 16.9 Å².